The summed E-state index contributed by atoms with van der Waals surface area (Å²) in [7, 11) is 0. The number of ether oxygens (including phenoxy) is 2. The van der Waals surface area contributed by atoms with Gasteiger partial charge < -0.3 is 9.47 Å². The summed E-state index contributed by atoms with van der Waals surface area (Å²) in [6.07, 6.45) is -11.4. The van der Waals surface area contributed by atoms with Crippen molar-refractivity contribution in [2.24, 2.45) is 0 Å². The molecule has 302 valence electrons. The minimum Gasteiger partial charge on any atom is -0.404 e. The van der Waals surface area contributed by atoms with Gasteiger partial charge in [0, 0.05) is 44.5 Å². The van der Waals surface area contributed by atoms with Gasteiger partial charge >= 0.3 is 12.7 Å². The first kappa shape index (κ1) is 42.3. The van der Waals surface area contributed by atoms with Gasteiger partial charge in [-0.25, -0.2) is 9.69 Å². The predicted octanol–water partition coefficient (Wildman–Crippen LogP) is 11.8. The fourth-order valence-electron chi connectivity index (χ4n) is 7.65. The van der Waals surface area contributed by atoms with Gasteiger partial charge in [-0.05, 0) is 64.2 Å². The van der Waals surface area contributed by atoms with Crippen molar-refractivity contribution in [2.75, 3.05) is 0 Å². The Morgan fingerprint density at radius 2 is 0.953 bits per heavy atom. The number of rotatable bonds is 6. The summed E-state index contributed by atoms with van der Waals surface area (Å²) >= 11 is 0. The van der Waals surface area contributed by atoms with Crippen LogP contribution < -0.4 is 9.47 Å². The van der Waals surface area contributed by atoms with Gasteiger partial charge in [-0.2, -0.15) is 31.6 Å². The van der Waals surface area contributed by atoms with Crippen LogP contribution in [-0.4, -0.2) is 12.7 Å². The molecule has 10 nitrogen and oxygen atoms in total. The number of hydrogen-bond donors (Lipinski definition) is 0. The van der Waals surface area contributed by atoms with E-state index >= 15 is 13.2 Å². The lowest BCUT2D eigenvalue weighted by Gasteiger charge is -2.24. The van der Waals surface area contributed by atoms with E-state index in [1.807, 2.05) is 24.3 Å². The third-order valence-corrected chi connectivity index (χ3v) is 9.83. The SMILES string of the molecule is [C-]#[N+]/C(=C1/C(c2ccccc2)=C(C#N)c2c(OC(F)(F)F)c3c(c(OC(F)(F)F)c21)/C(=C(\C#N)c1cc(C#N)cc([N+]#[C-])c1)C(c1ccccc1)=C3C#N)c1cc(C#N)cc(C#N)c1. The van der Waals surface area contributed by atoms with Crippen molar-refractivity contribution in [3.8, 4) is 47.9 Å². The van der Waals surface area contributed by atoms with Crippen molar-refractivity contribution in [1.82, 2.24) is 0 Å². The Balaban J connectivity index is 1.87. The Kier molecular flexibility index (Phi) is 10.8. The highest BCUT2D eigenvalue weighted by molar-refractivity contribution is 6.36. The molecule has 0 bridgehead atoms. The summed E-state index contributed by atoms with van der Waals surface area (Å²) < 4.78 is 100. The summed E-state index contributed by atoms with van der Waals surface area (Å²) in [6, 6.07) is 31.9. The first-order chi connectivity index (χ1) is 30.6. The minimum atomic E-state index is -5.73. The molecular weight excluding hydrogens is 835 g/mol. The standard InChI is InChI=1S/C48H16F6N8O2/c1-61-32-17-27(21-57)14-30(18-32)33(22-58)38-36(28-9-5-3-6-10-28)34(23-59)39-42(38)46(64-48(52,53)54)43-40(45(39)63-47(49,50)51)35(24-60)37(29-11-7-4-8-12-29)41(43)44(62-2)31-15-25(19-55)13-26(16-31)20-56/h3-18H/b38-33+,44-41-. The Morgan fingerprint density at radius 1 is 0.516 bits per heavy atom. The molecule has 0 aromatic heterocycles. The highest BCUT2D eigenvalue weighted by atomic mass is 19.4. The molecule has 0 saturated carbocycles. The van der Waals surface area contributed by atoms with Crippen LogP contribution in [0.3, 0.4) is 0 Å². The third kappa shape index (κ3) is 7.36. The molecule has 5 aromatic carbocycles. The van der Waals surface area contributed by atoms with Gasteiger partial charge in [-0.1, -0.05) is 60.7 Å². The maximum Gasteiger partial charge on any atom is 0.573 e. The molecular formula is C48H16F6N8O2. The first-order valence-electron chi connectivity index (χ1n) is 18.0. The summed E-state index contributed by atoms with van der Waals surface area (Å²) in [5, 5.41) is 62.4. The van der Waals surface area contributed by atoms with Gasteiger partial charge in [0.1, 0.15) is 29.7 Å². The Labute approximate surface area is 358 Å². The molecule has 5 aromatic rings. The van der Waals surface area contributed by atoms with Crippen molar-refractivity contribution in [1.29, 1.82) is 31.6 Å². The largest absolute Gasteiger partial charge is 0.573 e. The second-order valence-corrected chi connectivity index (χ2v) is 13.4. The number of allylic oxidation sites excluding steroid dienone is 7. The second kappa shape index (κ2) is 16.3. The van der Waals surface area contributed by atoms with Gasteiger partial charge in [0.25, 0.3) is 0 Å². The molecule has 0 aliphatic heterocycles. The first-order valence-corrected chi connectivity index (χ1v) is 18.0. The van der Waals surface area contributed by atoms with Crippen LogP contribution >= 0.6 is 0 Å². The van der Waals surface area contributed by atoms with Crippen LogP contribution in [-0.2, 0) is 0 Å². The zero-order valence-electron chi connectivity index (χ0n) is 31.9. The molecule has 0 radical (unpaired) electrons. The number of nitrogens with zero attached hydrogens (tertiary/aromatic N) is 8. The topological polar surface area (TPSA) is 170 Å². The van der Waals surface area contributed by atoms with Gasteiger partial charge in [-0.3, -0.25) is 0 Å². The smallest absolute Gasteiger partial charge is 0.404 e. The zero-order valence-corrected chi connectivity index (χ0v) is 31.9. The lowest BCUT2D eigenvalue weighted by Crippen LogP contribution is -2.22. The van der Waals surface area contributed by atoms with E-state index < -0.39 is 91.2 Å². The maximum absolute atomic E-state index is 15.2. The van der Waals surface area contributed by atoms with Crippen LogP contribution in [0.5, 0.6) is 11.5 Å². The number of halogens is 6. The van der Waals surface area contributed by atoms with E-state index in [1.165, 1.54) is 60.7 Å². The van der Waals surface area contributed by atoms with Crippen molar-refractivity contribution in [3.05, 3.63) is 181 Å². The minimum absolute atomic E-state index is 0.00563. The molecule has 0 saturated heterocycles. The summed E-state index contributed by atoms with van der Waals surface area (Å²) in [5.74, 6) is -2.74. The maximum atomic E-state index is 15.2. The van der Waals surface area contributed by atoms with Crippen LogP contribution in [0.15, 0.2) is 97.1 Å². The number of alkyl halides is 6. The third-order valence-electron chi connectivity index (χ3n) is 9.83. The summed E-state index contributed by atoms with van der Waals surface area (Å²) in [6.45, 7) is 16.1. The lowest BCUT2D eigenvalue weighted by atomic mass is 9.85. The van der Waals surface area contributed by atoms with Crippen molar-refractivity contribution >= 4 is 50.4 Å². The van der Waals surface area contributed by atoms with Crippen LogP contribution in [0.4, 0.5) is 32.0 Å². The Hall–Kier alpha value is -9.84. The molecule has 0 spiro atoms. The van der Waals surface area contributed by atoms with E-state index in [0.717, 1.165) is 36.4 Å². The van der Waals surface area contributed by atoms with E-state index in [1.54, 1.807) is 12.1 Å². The fraction of sp³-hybridized carbons (Fsp3) is 0.0417. The molecule has 7 rings (SSSR count). The summed E-state index contributed by atoms with van der Waals surface area (Å²) in [4.78, 5) is 6.92. The molecule has 0 atom stereocenters. The molecule has 2 aliphatic rings. The quantitative estimate of drug-likeness (QED) is 0.0923. The lowest BCUT2D eigenvalue weighted by molar-refractivity contribution is -0.277. The van der Waals surface area contributed by atoms with Crippen molar-refractivity contribution in [3.63, 3.8) is 0 Å². The van der Waals surface area contributed by atoms with Crippen LogP contribution in [0, 0.1) is 81.1 Å². The normalized spacial score (nSPS) is 14.2. The second-order valence-electron chi connectivity index (χ2n) is 13.4. The van der Waals surface area contributed by atoms with Gasteiger partial charge in [-0.15, -0.1) is 26.3 Å². The number of nitriles is 6. The highest BCUT2D eigenvalue weighted by Crippen LogP contribution is 2.65. The molecule has 0 heterocycles. The molecule has 16 heteroatoms. The van der Waals surface area contributed by atoms with E-state index in [-0.39, 0.29) is 44.6 Å². The average molecular weight is 851 g/mol. The predicted molar refractivity (Wildman–Crippen MR) is 217 cm³/mol. The van der Waals surface area contributed by atoms with Gasteiger partial charge in [0.15, 0.2) is 5.69 Å². The van der Waals surface area contributed by atoms with Crippen LogP contribution in [0.2, 0.25) is 0 Å². The van der Waals surface area contributed by atoms with E-state index in [0.29, 0.717) is 0 Å². The summed E-state index contributed by atoms with van der Waals surface area (Å²) in [5.41, 5.74) is -10.1. The molecule has 0 N–H and O–H groups in total. The van der Waals surface area contributed by atoms with Gasteiger partial charge in [0.05, 0.1) is 59.2 Å². The van der Waals surface area contributed by atoms with Gasteiger partial charge in [0.2, 0.25) is 5.70 Å². The fourth-order valence-corrected chi connectivity index (χ4v) is 7.65. The molecule has 2 aliphatic carbocycles. The Bertz CT molecular complexity index is 3110. The molecule has 0 fully saturated rings. The van der Waals surface area contributed by atoms with Crippen molar-refractivity contribution in [2.45, 2.75) is 12.7 Å². The zero-order chi connectivity index (χ0) is 46.1. The van der Waals surface area contributed by atoms with E-state index in [9.17, 15) is 44.7 Å². The monoisotopic (exact) mass is 850 g/mol. The average Bonchev–Trinajstić information content (AvgIpc) is 3.81. The van der Waals surface area contributed by atoms with Crippen molar-refractivity contribution < 1.29 is 35.8 Å². The molecule has 64 heavy (non-hydrogen) atoms. The number of fused-ring (bicyclic) bond motifs is 2. The van der Waals surface area contributed by atoms with E-state index in [4.69, 9.17) is 22.6 Å². The molecule has 0 amide bonds. The number of hydrogen-bond acceptors (Lipinski definition) is 8. The van der Waals surface area contributed by atoms with Crippen LogP contribution in [0.25, 0.3) is 54.4 Å². The number of benzene rings is 5. The highest BCUT2D eigenvalue weighted by Gasteiger charge is 2.49. The van der Waals surface area contributed by atoms with E-state index in [2.05, 4.69) is 9.69 Å². The van der Waals surface area contributed by atoms with Crippen LogP contribution in [0.1, 0.15) is 61.2 Å². The Morgan fingerprint density at radius 3 is 1.38 bits per heavy atom. The molecule has 0 unspecified atom stereocenters.